The molecular weight excluding hydrogens is 180 g/mol. The van der Waals surface area contributed by atoms with Crippen molar-refractivity contribution in [1.29, 1.82) is 0 Å². The molecule has 0 spiro atoms. The van der Waals surface area contributed by atoms with Crippen LogP contribution in [0.5, 0.6) is 0 Å². The molecule has 1 radical (unpaired) electrons. The number of hydrogen-bond acceptors (Lipinski definition) is 0. The zero-order chi connectivity index (χ0) is 11.2. The molecule has 87 valence electrons. The van der Waals surface area contributed by atoms with Crippen molar-refractivity contribution in [2.45, 2.75) is 64.7 Å². The van der Waals surface area contributed by atoms with Gasteiger partial charge in [-0.3, -0.25) is 0 Å². The lowest BCUT2D eigenvalue weighted by Gasteiger charge is -1.96. The fraction of sp³-hybridized carbons (Fsp3) is 0.667. The van der Waals surface area contributed by atoms with E-state index in [2.05, 4.69) is 38.2 Å². The van der Waals surface area contributed by atoms with Gasteiger partial charge in [0.25, 0.3) is 0 Å². The third-order valence-electron chi connectivity index (χ3n) is 2.51. The molecule has 0 bridgehead atoms. The second-order valence-corrected chi connectivity index (χ2v) is 4.03. The highest BCUT2D eigenvalue weighted by atomic mass is 13.9. The van der Waals surface area contributed by atoms with Gasteiger partial charge in [-0.1, -0.05) is 50.5 Å². The normalized spacial score (nSPS) is 11.9. The monoisotopic (exact) mass is 207 g/mol. The average molecular weight is 207 g/mol. The molecule has 0 fully saturated rings. The second-order valence-electron chi connectivity index (χ2n) is 4.03. The molecule has 0 saturated carbocycles. The predicted octanol–water partition coefficient (Wildman–Crippen LogP) is 5.46. The van der Waals surface area contributed by atoms with Crippen molar-refractivity contribution >= 4 is 0 Å². The molecule has 0 aliphatic rings. The maximum Gasteiger partial charge on any atom is -0.0351 e. The van der Waals surface area contributed by atoms with Crippen LogP contribution in [0.1, 0.15) is 64.7 Å². The van der Waals surface area contributed by atoms with Crippen LogP contribution in [0.2, 0.25) is 0 Å². The van der Waals surface area contributed by atoms with Crippen molar-refractivity contribution in [2.24, 2.45) is 0 Å². The maximum atomic E-state index is 3.83. The smallest absolute Gasteiger partial charge is 0.0351 e. The lowest BCUT2D eigenvalue weighted by Crippen LogP contribution is -1.76. The van der Waals surface area contributed by atoms with Crippen molar-refractivity contribution in [3.63, 3.8) is 0 Å². The molecular formula is C15H27. The van der Waals surface area contributed by atoms with E-state index in [1.54, 1.807) is 0 Å². The highest BCUT2D eigenvalue weighted by Gasteiger charge is 1.87. The largest absolute Gasteiger partial charge is 0.0917 e. The van der Waals surface area contributed by atoms with E-state index in [0.29, 0.717) is 0 Å². The summed E-state index contributed by atoms with van der Waals surface area (Å²) in [6.07, 6.45) is 20.6. The van der Waals surface area contributed by atoms with Crippen molar-refractivity contribution in [2.75, 3.05) is 0 Å². The van der Waals surface area contributed by atoms with Crippen LogP contribution in [0.15, 0.2) is 24.3 Å². The second kappa shape index (κ2) is 13.5. The summed E-state index contributed by atoms with van der Waals surface area (Å²) in [5, 5.41) is 0. The maximum absolute atomic E-state index is 3.83. The fourth-order valence-corrected chi connectivity index (χ4v) is 1.54. The lowest BCUT2D eigenvalue weighted by atomic mass is 10.1. The Kier molecular flexibility index (Phi) is 13.0. The molecule has 15 heavy (non-hydrogen) atoms. The molecule has 0 amide bonds. The lowest BCUT2D eigenvalue weighted by molar-refractivity contribution is 0.651. The summed E-state index contributed by atoms with van der Waals surface area (Å²) in [5.74, 6) is 0. The number of rotatable bonds is 10. The van der Waals surface area contributed by atoms with Crippen LogP contribution in [0, 0.1) is 6.92 Å². The summed E-state index contributed by atoms with van der Waals surface area (Å²) >= 11 is 0. The molecule has 0 aromatic heterocycles. The van der Waals surface area contributed by atoms with Crippen LogP contribution in [0.3, 0.4) is 0 Å². The number of allylic oxidation sites excluding steroid dienone is 4. The quantitative estimate of drug-likeness (QED) is 0.329. The molecule has 0 rings (SSSR count). The Morgan fingerprint density at radius 2 is 1.27 bits per heavy atom. The Morgan fingerprint density at radius 1 is 0.733 bits per heavy atom. The molecule has 0 aliphatic heterocycles. The van der Waals surface area contributed by atoms with Gasteiger partial charge in [-0.25, -0.2) is 0 Å². The van der Waals surface area contributed by atoms with Gasteiger partial charge in [0.05, 0.1) is 0 Å². The van der Waals surface area contributed by atoms with E-state index in [1.807, 2.05) is 0 Å². The minimum Gasteiger partial charge on any atom is -0.0917 e. The van der Waals surface area contributed by atoms with Crippen molar-refractivity contribution in [3.05, 3.63) is 31.2 Å². The SMILES string of the molecule is [CH2]CCCC=CCCCCCCC=CC. The van der Waals surface area contributed by atoms with Gasteiger partial charge >= 0.3 is 0 Å². The van der Waals surface area contributed by atoms with Crippen LogP contribution in [0.25, 0.3) is 0 Å². The summed E-state index contributed by atoms with van der Waals surface area (Å²) in [4.78, 5) is 0. The predicted molar refractivity (Wildman–Crippen MR) is 70.9 cm³/mol. The molecule has 0 saturated heterocycles. The van der Waals surface area contributed by atoms with Crippen LogP contribution in [-0.2, 0) is 0 Å². The zero-order valence-corrected chi connectivity index (χ0v) is 10.4. The molecule has 0 aromatic rings. The zero-order valence-electron chi connectivity index (χ0n) is 10.4. The average Bonchev–Trinajstić information content (AvgIpc) is 2.26. The summed E-state index contributed by atoms with van der Waals surface area (Å²) in [5.41, 5.74) is 0. The van der Waals surface area contributed by atoms with Crippen LogP contribution in [0.4, 0.5) is 0 Å². The third kappa shape index (κ3) is 13.5. The van der Waals surface area contributed by atoms with E-state index < -0.39 is 0 Å². The standard InChI is InChI=1S/C15H27/c1-3-5-7-9-11-13-15-14-12-10-8-6-4-2/h4,6,9,11H,1,3,5,7-8,10,12-15H2,2H3. The molecule has 0 N–H and O–H groups in total. The van der Waals surface area contributed by atoms with Crippen LogP contribution < -0.4 is 0 Å². The number of unbranched alkanes of at least 4 members (excludes halogenated alkanes) is 7. The molecule has 0 heteroatoms. The Hall–Kier alpha value is -0.520. The Bertz CT molecular complexity index is 153. The van der Waals surface area contributed by atoms with E-state index in [1.165, 1.54) is 51.4 Å². The van der Waals surface area contributed by atoms with Gasteiger partial charge in [0.15, 0.2) is 0 Å². The Labute approximate surface area is 96.5 Å². The first kappa shape index (κ1) is 14.5. The van der Waals surface area contributed by atoms with Crippen molar-refractivity contribution in [3.8, 4) is 0 Å². The van der Waals surface area contributed by atoms with E-state index in [9.17, 15) is 0 Å². The van der Waals surface area contributed by atoms with Gasteiger partial charge in [-0.05, 0) is 45.4 Å². The van der Waals surface area contributed by atoms with Gasteiger partial charge in [0.1, 0.15) is 0 Å². The molecule has 0 nitrogen and oxygen atoms in total. The first-order valence-electron chi connectivity index (χ1n) is 6.47. The summed E-state index contributed by atoms with van der Waals surface area (Å²) in [6, 6.07) is 0. The van der Waals surface area contributed by atoms with E-state index in [-0.39, 0.29) is 0 Å². The molecule has 0 heterocycles. The topological polar surface area (TPSA) is 0 Å². The van der Waals surface area contributed by atoms with E-state index >= 15 is 0 Å². The minimum atomic E-state index is 1.06. The fourth-order valence-electron chi connectivity index (χ4n) is 1.54. The molecule has 0 aromatic carbocycles. The van der Waals surface area contributed by atoms with Gasteiger partial charge in [-0.15, -0.1) is 0 Å². The summed E-state index contributed by atoms with van der Waals surface area (Å²) in [6.45, 7) is 5.92. The van der Waals surface area contributed by atoms with Crippen molar-refractivity contribution < 1.29 is 0 Å². The third-order valence-corrected chi connectivity index (χ3v) is 2.51. The molecule has 0 unspecified atom stereocenters. The van der Waals surface area contributed by atoms with E-state index in [0.717, 1.165) is 6.42 Å². The first-order valence-corrected chi connectivity index (χ1v) is 6.47. The highest BCUT2D eigenvalue weighted by molar-refractivity contribution is 4.81. The van der Waals surface area contributed by atoms with Gasteiger partial charge in [0.2, 0.25) is 0 Å². The molecule has 0 atom stereocenters. The Balaban J connectivity index is 3.01. The summed E-state index contributed by atoms with van der Waals surface area (Å²) < 4.78 is 0. The van der Waals surface area contributed by atoms with Crippen LogP contribution >= 0.6 is 0 Å². The van der Waals surface area contributed by atoms with Gasteiger partial charge in [-0.2, -0.15) is 0 Å². The minimum absolute atomic E-state index is 1.06. The van der Waals surface area contributed by atoms with Crippen LogP contribution in [-0.4, -0.2) is 0 Å². The van der Waals surface area contributed by atoms with E-state index in [4.69, 9.17) is 0 Å². The number of hydrogen-bond donors (Lipinski definition) is 0. The van der Waals surface area contributed by atoms with Crippen molar-refractivity contribution in [1.82, 2.24) is 0 Å². The molecule has 0 aliphatic carbocycles. The van der Waals surface area contributed by atoms with Gasteiger partial charge < -0.3 is 0 Å². The summed E-state index contributed by atoms with van der Waals surface area (Å²) in [7, 11) is 0. The Morgan fingerprint density at radius 3 is 1.80 bits per heavy atom. The first-order chi connectivity index (χ1) is 7.41. The highest BCUT2D eigenvalue weighted by Crippen LogP contribution is 2.06. The van der Waals surface area contributed by atoms with Gasteiger partial charge in [0, 0.05) is 0 Å².